The van der Waals surface area contributed by atoms with Gasteiger partial charge in [-0.3, -0.25) is 9.88 Å². The van der Waals surface area contributed by atoms with Gasteiger partial charge in [-0.1, -0.05) is 20.8 Å². The Balaban J connectivity index is 1.30. The van der Waals surface area contributed by atoms with Gasteiger partial charge in [-0.15, -0.1) is 11.8 Å². The van der Waals surface area contributed by atoms with Crippen LogP contribution in [0.25, 0.3) is 0 Å². The molecular weight excluding hydrogens is 593 g/mol. The highest BCUT2D eigenvalue weighted by Gasteiger charge is 2.39. The standard InChI is InChI=1S/C25H38FN5O9SSi/c1-25(2,3)42(4,5)39-15-20-40-19(16-41-20)31-14-18(26)21(28-22(31)32)29-23(33)37-12-10-35-8-9-36-11-13-38-24(34)30-7-6-27-17-30/h6-7,14,17,19-20H,8-13,15-16H2,1-5H3,(H,28,29,32,33)/t19-,20+/m0/s1. The number of nitrogens with zero attached hydrogens (tertiary/aromatic N) is 4. The van der Waals surface area contributed by atoms with Crippen LogP contribution in [0.2, 0.25) is 18.1 Å². The summed E-state index contributed by atoms with van der Waals surface area (Å²) in [5, 5.41) is 2.17. The highest BCUT2D eigenvalue weighted by atomic mass is 32.2. The highest BCUT2D eigenvalue weighted by Crippen LogP contribution is 2.38. The number of ether oxygens (including phenoxy) is 5. The third-order valence-electron chi connectivity index (χ3n) is 6.56. The fraction of sp³-hybridized carbons (Fsp3) is 0.640. The van der Waals surface area contributed by atoms with Gasteiger partial charge in [0.25, 0.3) is 0 Å². The summed E-state index contributed by atoms with van der Waals surface area (Å²) in [7, 11) is -1.97. The third kappa shape index (κ3) is 10.2. The van der Waals surface area contributed by atoms with E-state index >= 15 is 0 Å². The lowest BCUT2D eigenvalue weighted by Crippen LogP contribution is -2.42. The van der Waals surface area contributed by atoms with Crippen molar-refractivity contribution >= 4 is 38.1 Å². The van der Waals surface area contributed by atoms with Crippen molar-refractivity contribution in [2.24, 2.45) is 0 Å². The SMILES string of the molecule is CC(C)(C)[Si](C)(C)OC[C@@H]1O[C@H](n2cc(F)c(NC(=O)OCCOCCOCCOC(=O)n3ccnc3)nc2=O)CS1. The fourth-order valence-corrected chi connectivity index (χ4v) is 5.30. The van der Waals surface area contributed by atoms with Crippen molar-refractivity contribution in [2.45, 2.75) is 50.6 Å². The third-order valence-corrected chi connectivity index (χ3v) is 12.2. The van der Waals surface area contributed by atoms with Crippen LogP contribution in [-0.4, -0.2) is 97.0 Å². The maximum Gasteiger partial charge on any atom is 0.419 e. The number of hydrogen-bond acceptors (Lipinski definition) is 12. The Morgan fingerprint density at radius 1 is 1.14 bits per heavy atom. The predicted molar refractivity (Wildman–Crippen MR) is 154 cm³/mol. The van der Waals surface area contributed by atoms with E-state index in [1.54, 1.807) is 0 Å². The van der Waals surface area contributed by atoms with E-state index in [0.29, 0.717) is 12.4 Å². The minimum atomic E-state index is -1.97. The largest absolute Gasteiger partial charge is 0.447 e. The van der Waals surface area contributed by atoms with Crippen molar-refractivity contribution in [2.75, 3.05) is 57.3 Å². The Morgan fingerprint density at radius 3 is 2.45 bits per heavy atom. The molecule has 14 nitrogen and oxygen atoms in total. The smallest absolute Gasteiger partial charge is 0.419 e. The average Bonchev–Trinajstić information content (AvgIpc) is 3.62. The monoisotopic (exact) mass is 631 g/mol. The van der Waals surface area contributed by atoms with Crippen LogP contribution in [0, 0.1) is 5.82 Å². The average molecular weight is 632 g/mol. The second-order valence-corrected chi connectivity index (χ2v) is 16.6. The van der Waals surface area contributed by atoms with Crippen molar-refractivity contribution in [1.29, 1.82) is 0 Å². The summed E-state index contributed by atoms with van der Waals surface area (Å²) in [6.07, 6.45) is 2.95. The number of aromatic nitrogens is 4. The molecule has 17 heteroatoms. The molecule has 0 spiro atoms. The van der Waals surface area contributed by atoms with Crippen LogP contribution in [0.1, 0.15) is 27.0 Å². The van der Waals surface area contributed by atoms with E-state index in [1.165, 1.54) is 35.0 Å². The molecule has 2 aromatic heterocycles. The second kappa shape index (κ2) is 15.6. The first-order valence-corrected chi connectivity index (χ1v) is 17.3. The molecule has 234 valence electrons. The summed E-state index contributed by atoms with van der Waals surface area (Å²) in [5.74, 6) is -1.04. The van der Waals surface area contributed by atoms with Crippen LogP contribution in [0.4, 0.5) is 19.8 Å². The fourth-order valence-electron chi connectivity index (χ4n) is 3.19. The Hall–Kier alpha value is -2.83. The van der Waals surface area contributed by atoms with Crippen LogP contribution >= 0.6 is 11.8 Å². The Morgan fingerprint density at radius 2 is 1.81 bits per heavy atom. The first-order chi connectivity index (χ1) is 19.9. The zero-order valence-electron chi connectivity index (χ0n) is 24.4. The molecule has 2 aromatic rings. The van der Waals surface area contributed by atoms with Gasteiger partial charge < -0.3 is 28.1 Å². The molecule has 1 aliphatic heterocycles. The Labute approximate surface area is 248 Å². The molecule has 1 N–H and O–H groups in total. The molecule has 2 atom stereocenters. The molecule has 0 saturated carbocycles. The molecule has 1 amide bonds. The van der Waals surface area contributed by atoms with Crippen molar-refractivity contribution in [1.82, 2.24) is 19.1 Å². The molecule has 1 aliphatic rings. The maximum absolute atomic E-state index is 14.7. The van der Waals surface area contributed by atoms with E-state index in [-0.39, 0.29) is 50.1 Å². The van der Waals surface area contributed by atoms with E-state index in [4.69, 9.17) is 28.1 Å². The molecule has 0 aliphatic carbocycles. The van der Waals surface area contributed by atoms with Crippen LogP contribution in [-0.2, 0) is 28.1 Å². The molecule has 0 aromatic carbocycles. The summed E-state index contributed by atoms with van der Waals surface area (Å²) in [4.78, 5) is 43.5. The molecular formula is C25H38FN5O9SSi. The normalized spacial score (nSPS) is 17.3. The molecule has 3 heterocycles. The molecule has 1 fully saturated rings. The summed E-state index contributed by atoms with van der Waals surface area (Å²) in [6.45, 7) is 11.7. The van der Waals surface area contributed by atoms with Gasteiger partial charge in [0.2, 0.25) is 0 Å². The summed E-state index contributed by atoms with van der Waals surface area (Å²) >= 11 is 1.48. The first-order valence-electron chi connectivity index (χ1n) is 13.3. The molecule has 0 radical (unpaired) electrons. The van der Waals surface area contributed by atoms with Crippen LogP contribution in [0.15, 0.2) is 29.7 Å². The van der Waals surface area contributed by atoms with Gasteiger partial charge in [-0.25, -0.2) is 28.3 Å². The summed E-state index contributed by atoms with van der Waals surface area (Å²) < 4.78 is 49.5. The topological polar surface area (TPSA) is 154 Å². The van der Waals surface area contributed by atoms with Gasteiger partial charge in [0.1, 0.15) is 31.2 Å². The number of imidazole rings is 1. The minimum Gasteiger partial charge on any atom is -0.447 e. The van der Waals surface area contributed by atoms with Crippen molar-refractivity contribution in [3.63, 3.8) is 0 Å². The van der Waals surface area contributed by atoms with Crippen LogP contribution in [0.5, 0.6) is 0 Å². The lowest BCUT2D eigenvalue weighted by molar-refractivity contribution is -0.00460. The highest BCUT2D eigenvalue weighted by molar-refractivity contribution is 8.00. The van der Waals surface area contributed by atoms with Crippen molar-refractivity contribution in [3.05, 3.63) is 41.2 Å². The lowest BCUT2D eigenvalue weighted by Gasteiger charge is -2.36. The van der Waals surface area contributed by atoms with Gasteiger partial charge in [-0.05, 0) is 18.1 Å². The van der Waals surface area contributed by atoms with E-state index in [0.717, 1.165) is 10.8 Å². The quantitative estimate of drug-likeness (QED) is 0.240. The van der Waals surface area contributed by atoms with Gasteiger partial charge in [0, 0.05) is 18.1 Å². The Bertz CT molecular complexity index is 1230. The van der Waals surface area contributed by atoms with E-state index < -0.39 is 44.1 Å². The van der Waals surface area contributed by atoms with Gasteiger partial charge in [0.05, 0.1) is 39.2 Å². The zero-order valence-corrected chi connectivity index (χ0v) is 26.2. The number of hydrogen-bond donors (Lipinski definition) is 1. The number of halogens is 1. The number of carbonyl (C=O) groups excluding carboxylic acids is 2. The van der Waals surface area contributed by atoms with Crippen LogP contribution < -0.4 is 11.0 Å². The van der Waals surface area contributed by atoms with Gasteiger partial charge in [0.15, 0.2) is 20.0 Å². The molecule has 1 saturated heterocycles. The summed E-state index contributed by atoms with van der Waals surface area (Å²) in [5.41, 5.74) is -1.07. The number of amides is 1. The van der Waals surface area contributed by atoms with Gasteiger partial charge in [-0.2, -0.15) is 4.98 Å². The summed E-state index contributed by atoms with van der Waals surface area (Å²) in [6, 6.07) is 0. The predicted octanol–water partition coefficient (Wildman–Crippen LogP) is 3.46. The first kappa shape index (κ1) is 33.7. The minimum absolute atomic E-state index is 0.0497. The van der Waals surface area contributed by atoms with Crippen LogP contribution in [0.3, 0.4) is 0 Å². The molecule has 3 rings (SSSR count). The van der Waals surface area contributed by atoms with Gasteiger partial charge >= 0.3 is 17.9 Å². The van der Waals surface area contributed by atoms with Crippen molar-refractivity contribution in [3.8, 4) is 0 Å². The Kier molecular flexibility index (Phi) is 12.5. The number of thioether (sulfide) groups is 1. The number of carbonyl (C=O) groups is 2. The molecule has 0 bridgehead atoms. The van der Waals surface area contributed by atoms with E-state index in [2.05, 4.69) is 49.1 Å². The number of rotatable bonds is 14. The zero-order chi connectivity index (χ0) is 30.8. The van der Waals surface area contributed by atoms with Crippen molar-refractivity contribution < 1.29 is 42.1 Å². The maximum atomic E-state index is 14.7. The lowest BCUT2D eigenvalue weighted by atomic mass is 10.2. The number of nitrogens with one attached hydrogen (secondary N) is 1. The molecule has 42 heavy (non-hydrogen) atoms. The van der Waals surface area contributed by atoms with E-state index in [1.807, 2.05) is 0 Å². The van der Waals surface area contributed by atoms with E-state index in [9.17, 15) is 18.8 Å². The number of anilines is 1. The second-order valence-electron chi connectivity index (χ2n) is 10.6. The molecule has 0 unspecified atom stereocenters.